The lowest BCUT2D eigenvalue weighted by Crippen LogP contribution is -2.17. The van der Waals surface area contributed by atoms with Crippen LogP contribution in [0.4, 0.5) is 17.3 Å². The van der Waals surface area contributed by atoms with Gasteiger partial charge in [0.25, 0.3) is 0 Å². The highest BCUT2D eigenvalue weighted by atomic mass is 16.5. The number of hydrogen-bond donors (Lipinski definition) is 2. The summed E-state index contributed by atoms with van der Waals surface area (Å²) in [5.41, 5.74) is 1.04. The maximum atomic E-state index is 12.4. The quantitative estimate of drug-likeness (QED) is 0.796. The van der Waals surface area contributed by atoms with Crippen molar-refractivity contribution in [1.82, 2.24) is 9.78 Å². The maximum Gasteiger partial charge on any atom is 0.345 e. The van der Waals surface area contributed by atoms with E-state index in [-0.39, 0.29) is 29.8 Å². The van der Waals surface area contributed by atoms with E-state index in [1.165, 1.54) is 4.68 Å². The lowest BCUT2D eigenvalue weighted by Gasteiger charge is -2.09. The molecular formula is C17H20N4O3. The number of rotatable bonds is 6. The molecule has 1 aliphatic rings. The largest absolute Gasteiger partial charge is 0.462 e. The molecule has 1 aromatic heterocycles. The number of nitrogens with zero attached hydrogens (tertiary/aromatic N) is 2. The molecule has 126 valence electrons. The normalized spacial score (nSPS) is 13.4. The molecule has 1 aliphatic carbocycles. The number of anilines is 3. The Balaban J connectivity index is 1.94. The van der Waals surface area contributed by atoms with Crippen LogP contribution in [0.5, 0.6) is 0 Å². The Kier molecular flexibility index (Phi) is 4.50. The number of aryl methyl sites for hydroxylation is 1. The lowest BCUT2D eigenvalue weighted by atomic mass is 10.2. The second kappa shape index (κ2) is 6.74. The molecule has 0 unspecified atom stereocenters. The van der Waals surface area contributed by atoms with Gasteiger partial charge in [-0.15, -0.1) is 0 Å². The molecule has 0 bridgehead atoms. The van der Waals surface area contributed by atoms with Gasteiger partial charge in [-0.25, -0.2) is 9.48 Å². The average molecular weight is 328 g/mol. The fourth-order valence-corrected chi connectivity index (χ4v) is 2.37. The Morgan fingerprint density at radius 1 is 1.29 bits per heavy atom. The number of carbonyl (C=O) groups excluding carboxylic acids is 2. The molecule has 1 saturated carbocycles. The van der Waals surface area contributed by atoms with Gasteiger partial charge in [-0.3, -0.25) is 4.79 Å². The zero-order chi connectivity index (χ0) is 17.1. The van der Waals surface area contributed by atoms with E-state index < -0.39 is 5.97 Å². The predicted octanol–water partition coefficient (Wildman–Crippen LogP) is 2.69. The zero-order valence-electron chi connectivity index (χ0n) is 13.7. The number of aromatic nitrogens is 2. The molecule has 7 heteroatoms. The first-order chi connectivity index (χ1) is 11.6. The fraction of sp³-hybridized carbons (Fsp3) is 0.353. The van der Waals surface area contributed by atoms with Crippen LogP contribution in [0, 0.1) is 5.92 Å². The van der Waals surface area contributed by atoms with Crippen molar-refractivity contribution in [3.05, 3.63) is 35.9 Å². The van der Waals surface area contributed by atoms with Crippen molar-refractivity contribution < 1.29 is 14.3 Å². The van der Waals surface area contributed by atoms with Gasteiger partial charge in [0, 0.05) is 18.7 Å². The van der Waals surface area contributed by atoms with Crippen LogP contribution in [0.3, 0.4) is 0 Å². The van der Waals surface area contributed by atoms with E-state index in [1.54, 1.807) is 14.0 Å². The fourth-order valence-electron chi connectivity index (χ4n) is 2.37. The third-order valence-corrected chi connectivity index (χ3v) is 3.75. The Hall–Kier alpha value is -2.83. The van der Waals surface area contributed by atoms with Crippen molar-refractivity contribution in [2.24, 2.45) is 13.0 Å². The van der Waals surface area contributed by atoms with Crippen molar-refractivity contribution in [3.8, 4) is 0 Å². The molecule has 0 atom stereocenters. The number of hydrogen-bond acceptors (Lipinski definition) is 5. The molecule has 0 aliphatic heterocycles. The summed E-state index contributed by atoms with van der Waals surface area (Å²) in [5.74, 6) is 0.102. The Morgan fingerprint density at radius 3 is 2.62 bits per heavy atom. The minimum absolute atomic E-state index is 0.0209. The average Bonchev–Trinajstić information content (AvgIpc) is 3.36. The molecule has 0 radical (unpaired) electrons. The Bertz CT molecular complexity index is 751. The number of carbonyl (C=O) groups is 2. The van der Waals surface area contributed by atoms with E-state index in [9.17, 15) is 9.59 Å². The van der Waals surface area contributed by atoms with Gasteiger partial charge in [-0.2, -0.15) is 5.10 Å². The van der Waals surface area contributed by atoms with Crippen LogP contribution in [-0.2, 0) is 16.6 Å². The van der Waals surface area contributed by atoms with E-state index in [4.69, 9.17) is 4.74 Å². The van der Waals surface area contributed by atoms with Crippen LogP contribution in [0.15, 0.2) is 30.3 Å². The molecule has 1 amide bonds. The van der Waals surface area contributed by atoms with Crippen molar-refractivity contribution in [1.29, 1.82) is 0 Å². The molecule has 0 spiro atoms. The maximum absolute atomic E-state index is 12.4. The van der Waals surface area contributed by atoms with E-state index in [0.29, 0.717) is 5.82 Å². The summed E-state index contributed by atoms with van der Waals surface area (Å²) >= 11 is 0. The summed E-state index contributed by atoms with van der Waals surface area (Å²) in [6.07, 6.45) is 1.76. The molecule has 2 aromatic rings. The first-order valence-corrected chi connectivity index (χ1v) is 7.97. The molecule has 0 saturated heterocycles. The highest BCUT2D eigenvalue weighted by molar-refractivity contribution is 6.05. The minimum atomic E-state index is -0.518. The topological polar surface area (TPSA) is 85.2 Å². The van der Waals surface area contributed by atoms with Crippen molar-refractivity contribution in [2.75, 3.05) is 17.2 Å². The van der Waals surface area contributed by atoms with Crippen LogP contribution in [0.1, 0.15) is 30.1 Å². The molecule has 2 N–H and O–H groups in total. The first-order valence-electron chi connectivity index (χ1n) is 7.97. The third kappa shape index (κ3) is 3.40. The van der Waals surface area contributed by atoms with E-state index in [0.717, 1.165) is 18.5 Å². The van der Waals surface area contributed by atoms with Crippen LogP contribution >= 0.6 is 0 Å². The summed E-state index contributed by atoms with van der Waals surface area (Å²) in [6, 6.07) is 9.44. The summed E-state index contributed by atoms with van der Waals surface area (Å²) in [6.45, 7) is 1.98. The van der Waals surface area contributed by atoms with Gasteiger partial charge >= 0.3 is 5.97 Å². The van der Waals surface area contributed by atoms with Gasteiger partial charge in [-0.05, 0) is 31.9 Å². The molecule has 1 aromatic carbocycles. The number of para-hydroxylation sites is 1. The van der Waals surface area contributed by atoms with E-state index in [1.807, 2.05) is 30.3 Å². The zero-order valence-corrected chi connectivity index (χ0v) is 13.7. The van der Waals surface area contributed by atoms with Gasteiger partial charge in [0.05, 0.1) is 6.61 Å². The molecule has 7 nitrogen and oxygen atoms in total. The SMILES string of the molecule is CCOC(=O)c1c(NC(=O)C2CC2)nn(C)c1Nc1ccccc1. The van der Waals surface area contributed by atoms with Crippen LogP contribution in [0.2, 0.25) is 0 Å². The van der Waals surface area contributed by atoms with Crippen LogP contribution in [-0.4, -0.2) is 28.3 Å². The minimum Gasteiger partial charge on any atom is -0.462 e. The lowest BCUT2D eigenvalue weighted by molar-refractivity contribution is -0.117. The van der Waals surface area contributed by atoms with Crippen molar-refractivity contribution in [3.63, 3.8) is 0 Å². The Morgan fingerprint density at radius 2 is 2.00 bits per heavy atom. The summed E-state index contributed by atoms with van der Waals surface area (Å²) in [4.78, 5) is 24.4. The van der Waals surface area contributed by atoms with Crippen molar-refractivity contribution in [2.45, 2.75) is 19.8 Å². The monoisotopic (exact) mass is 328 g/mol. The summed E-state index contributed by atoms with van der Waals surface area (Å²) in [5, 5.41) is 10.2. The summed E-state index contributed by atoms with van der Waals surface area (Å²) < 4.78 is 6.66. The number of ether oxygens (including phenoxy) is 1. The molecular weight excluding hydrogens is 308 g/mol. The van der Waals surface area contributed by atoms with Gasteiger partial charge in [0.1, 0.15) is 11.4 Å². The second-order valence-corrected chi connectivity index (χ2v) is 5.67. The summed E-state index contributed by atoms with van der Waals surface area (Å²) in [7, 11) is 1.71. The van der Waals surface area contributed by atoms with Gasteiger partial charge in [0.15, 0.2) is 5.82 Å². The van der Waals surface area contributed by atoms with Crippen LogP contribution < -0.4 is 10.6 Å². The third-order valence-electron chi connectivity index (χ3n) is 3.75. The van der Waals surface area contributed by atoms with E-state index in [2.05, 4.69) is 15.7 Å². The molecule has 3 rings (SSSR count). The number of benzene rings is 1. The highest BCUT2D eigenvalue weighted by Crippen LogP contribution is 2.32. The van der Waals surface area contributed by atoms with Crippen LogP contribution in [0.25, 0.3) is 0 Å². The highest BCUT2D eigenvalue weighted by Gasteiger charge is 2.32. The molecule has 1 fully saturated rings. The second-order valence-electron chi connectivity index (χ2n) is 5.67. The van der Waals surface area contributed by atoms with E-state index >= 15 is 0 Å². The van der Waals surface area contributed by atoms with Gasteiger partial charge in [-0.1, -0.05) is 18.2 Å². The molecule has 1 heterocycles. The smallest absolute Gasteiger partial charge is 0.345 e. The number of amides is 1. The van der Waals surface area contributed by atoms with Crippen molar-refractivity contribution >= 4 is 29.2 Å². The predicted molar refractivity (Wildman–Crippen MR) is 90.2 cm³/mol. The number of esters is 1. The standard InChI is InChI=1S/C17H20N4O3/c1-3-24-17(23)13-14(19-16(22)11-9-10-11)20-21(2)15(13)18-12-7-5-4-6-8-12/h4-8,11,18H,3,9-10H2,1-2H3,(H,19,20,22). The molecule has 24 heavy (non-hydrogen) atoms. The first kappa shape index (κ1) is 16.0. The number of nitrogens with one attached hydrogen (secondary N) is 2. The van der Waals surface area contributed by atoms with Gasteiger partial charge in [0.2, 0.25) is 5.91 Å². The Labute approximate surface area is 140 Å². The van der Waals surface area contributed by atoms with Gasteiger partial charge < -0.3 is 15.4 Å².